The standard InChI is InChI=1S/C30H30O5S/c1-18-10-17-27(36(33,34)35)30(32)28(18)29-21(4)25(15-16-26(29)31)20(3)24-13-11-23(12-14-24)19(2)22-8-6-5-7-9-22/h5-17,19-20,31-32H,1-4H3,(H,33,34,35). The van der Waals surface area contributed by atoms with Gasteiger partial charge in [0, 0.05) is 23.0 Å². The first kappa shape index (κ1) is 25.5. The second kappa shape index (κ2) is 9.80. The van der Waals surface area contributed by atoms with Crippen LogP contribution in [0.1, 0.15) is 59.1 Å². The average molecular weight is 503 g/mol. The Morgan fingerprint density at radius 3 is 1.81 bits per heavy atom. The highest BCUT2D eigenvalue weighted by atomic mass is 32.2. The number of rotatable bonds is 6. The van der Waals surface area contributed by atoms with Gasteiger partial charge in [0.05, 0.1) is 0 Å². The van der Waals surface area contributed by atoms with Gasteiger partial charge in [-0.25, -0.2) is 0 Å². The summed E-state index contributed by atoms with van der Waals surface area (Å²) in [7, 11) is -4.64. The average Bonchev–Trinajstić information content (AvgIpc) is 2.85. The van der Waals surface area contributed by atoms with Gasteiger partial charge in [0.2, 0.25) is 0 Å². The van der Waals surface area contributed by atoms with Crippen molar-refractivity contribution in [3.05, 3.63) is 112 Å². The summed E-state index contributed by atoms with van der Waals surface area (Å²) in [6, 6.07) is 24.9. The van der Waals surface area contributed by atoms with Crippen LogP contribution in [0.3, 0.4) is 0 Å². The summed E-state index contributed by atoms with van der Waals surface area (Å²) in [5.41, 5.74) is 6.30. The molecule has 3 N–H and O–H groups in total. The van der Waals surface area contributed by atoms with Crippen LogP contribution in [-0.2, 0) is 10.1 Å². The molecule has 2 unspecified atom stereocenters. The maximum atomic E-state index is 11.8. The van der Waals surface area contributed by atoms with Crippen molar-refractivity contribution in [1.29, 1.82) is 0 Å². The highest BCUT2D eigenvalue weighted by molar-refractivity contribution is 7.86. The number of aryl methyl sites for hydroxylation is 1. The highest BCUT2D eigenvalue weighted by Crippen LogP contribution is 2.45. The number of phenolic OH excluding ortho intramolecular Hbond substituents is 2. The smallest absolute Gasteiger partial charge is 0.298 e. The molecular weight excluding hydrogens is 472 g/mol. The van der Waals surface area contributed by atoms with E-state index in [4.69, 9.17) is 0 Å². The van der Waals surface area contributed by atoms with E-state index in [1.165, 1.54) is 17.2 Å². The molecule has 0 amide bonds. The summed E-state index contributed by atoms with van der Waals surface area (Å²) < 4.78 is 33.1. The third kappa shape index (κ3) is 4.74. The molecule has 0 radical (unpaired) electrons. The van der Waals surface area contributed by atoms with Gasteiger partial charge in [-0.15, -0.1) is 0 Å². The van der Waals surface area contributed by atoms with Gasteiger partial charge in [-0.2, -0.15) is 8.42 Å². The molecule has 0 aromatic heterocycles. The van der Waals surface area contributed by atoms with Crippen LogP contribution >= 0.6 is 0 Å². The number of benzene rings is 4. The van der Waals surface area contributed by atoms with Crippen LogP contribution in [-0.4, -0.2) is 23.2 Å². The Labute approximate surface area is 212 Å². The Morgan fingerprint density at radius 1 is 0.667 bits per heavy atom. The van der Waals surface area contributed by atoms with E-state index in [0.29, 0.717) is 11.1 Å². The number of phenols is 2. The maximum absolute atomic E-state index is 11.8. The summed E-state index contributed by atoms with van der Waals surface area (Å²) >= 11 is 0. The van der Waals surface area contributed by atoms with Crippen molar-refractivity contribution in [1.82, 2.24) is 0 Å². The van der Waals surface area contributed by atoms with Gasteiger partial charge in [-0.1, -0.05) is 80.6 Å². The van der Waals surface area contributed by atoms with E-state index < -0.39 is 20.8 Å². The molecule has 0 heterocycles. The second-order valence-electron chi connectivity index (χ2n) is 9.27. The van der Waals surface area contributed by atoms with Crippen LogP contribution in [0.15, 0.2) is 83.8 Å². The topological polar surface area (TPSA) is 94.8 Å². The molecule has 0 aliphatic carbocycles. The van der Waals surface area contributed by atoms with Crippen LogP contribution in [0.4, 0.5) is 0 Å². The largest absolute Gasteiger partial charge is 0.507 e. The van der Waals surface area contributed by atoms with E-state index in [2.05, 4.69) is 50.2 Å². The predicted octanol–water partition coefficient (Wildman–Crippen LogP) is 6.93. The lowest BCUT2D eigenvalue weighted by Crippen LogP contribution is -2.04. The molecule has 186 valence electrons. The van der Waals surface area contributed by atoms with Gasteiger partial charge in [0.1, 0.15) is 16.4 Å². The van der Waals surface area contributed by atoms with E-state index in [-0.39, 0.29) is 23.1 Å². The van der Waals surface area contributed by atoms with Crippen molar-refractivity contribution in [3.8, 4) is 22.6 Å². The fourth-order valence-corrected chi connectivity index (χ4v) is 5.47. The highest BCUT2D eigenvalue weighted by Gasteiger charge is 2.25. The van der Waals surface area contributed by atoms with Crippen molar-refractivity contribution < 1.29 is 23.2 Å². The summed E-state index contributed by atoms with van der Waals surface area (Å²) in [5, 5.41) is 21.5. The molecule has 36 heavy (non-hydrogen) atoms. The van der Waals surface area contributed by atoms with Gasteiger partial charge in [-0.3, -0.25) is 4.55 Å². The molecule has 0 saturated carbocycles. The van der Waals surface area contributed by atoms with E-state index in [1.807, 2.05) is 31.2 Å². The van der Waals surface area contributed by atoms with E-state index in [1.54, 1.807) is 13.0 Å². The zero-order valence-electron chi connectivity index (χ0n) is 20.7. The molecule has 0 fully saturated rings. The first-order chi connectivity index (χ1) is 17.0. The first-order valence-corrected chi connectivity index (χ1v) is 13.2. The van der Waals surface area contributed by atoms with E-state index in [0.717, 1.165) is 22.8 Å². The fraction of sp³-hybridized carbons (Fsp3) is 0.200. The number of hydrogen-bond donors (Lipinski definition) is 3. The Balaban J connectivity index is 1.75. The van der Waals surface area contributed by atoms with Gasteiger partial charge >= 0.3 is 0 Å². The third-order valence-electron chi connectivity index (χ3n) is 7.06. The molecule has 4 aromatic rings. The molecule has 6 heteroatoms. The molecule has 0 aliphatic rings. The number of aromatic hydroxyl groups is 2. The van der Waals surface area contributed by atoms with Crippen molar-refractivity contribution in [2.75, 3.05) is 0 Å². The van der Waals surface area contributed by atoms with Gasteiger partial charge in [0.15, 0.2) is 0 Å². The lowest BCUT2D eigenvalue weighted by molar-refractivity contribution is 0.442. The predicted molar refractivity (Wildman–Crippen MR) is 142 cm³/mol. The minimum absolute atomic E-state index is 0.0300. The third-order valence-corrected chi connectivity index (χ3v) is 7.95. The Hall–Kier alpha value is -3.61. The minimum atomic E-state index is -4.64. The van der Waals surface area contributed by atoms with Crippen molar-refractivity contribution in [2.24, 2.45) is 0 Å². The second-order valence-corrected chi connectivity index (χ2v) is 10.7. The molecule has 0 spiro atoms. The molecule has 0 aliphatic heterocycles. The Morgan fingerprint density at radius 2 is 1.22 bits per heavy atom. The normalized spacial score (nSPS) is 13.4. The maximum Gasteiger partial charge on any atom is 0.298 e. The van der Waals surface area contributed by atoms with Crippen molar-refractivity contribution in [2.45, 2.75) is 44.4 Å². The monoisotopic (exact) mass is 502 g/mol. The van der Waals surface area contributed by atoms with Crippen molar-refractivity contribution >= 4 is 10.1 Å². The summed E-state index contributed by atoms with van der Waals surface area (Å²) in [6.07, 6.45) is 0. The van der Waals surface area contributed by atoms with Crippen LogP contribution in [0.2, 0.25) is 0 Å². The first-order valence-electron chi connectivity index (χ1n) is 11.8. The fourth-order valence-electron chi connectivity index (χ4n) is 4.88. The van der Waals surface area contributed by atoms with E-state index >= 15 is 0 Å². The molecule has 0 saturated heterocycles. The lowest BCUT2D eigenvalue weighted by atomic mass is 9.84. The SMILES string of the molecule is Cc1ccc(S(=O)(=O)O)c(O)c1-c1c(O)ccc(C(C)c2ccc(C(C)c3ccccc3)cc2)c1C. The van der Waals surface area contributed by atoms with Crippen LogP contribution < -0.4 is 0 Å². The van der Waals surface area contributed by atoms with Crippen molar-refractivity contribution in [3.63, 3.8) is 0 Å². The van der Waals surface area contributed by atoms with Crippen LogP contribution in [0.25, 0.3) is 11.1 Å². The zero-order chi connectivity index (χ0) is 26.2. The summed E-state index contributed by atoms with van der Waals surface area (Å²) in [6.45, 7) is 7.80. The van der Waals surface area contributed by atoms with Gasteiger partial charge in [-0.05, 0) is 59.4 Å². The number of hydrogen-bond acceptors (Lipinski definition) is 4. The van der Waals surface area contributed by atoms with Crippen LogP contribution in [0.5, 0.6) is 11.5 Å². The lowest BCUT2D eigenvalue weighted by Gasteiger charge is -2.21. The van der Waals surface area contributed by atoms with E-state index in [9.17, 15) is 23.2 Å². The van der Waals surface area contributed by atoms with Gasteiger partial charge < -0.3 is 10.2 Å². The summed E-state index contributed by atoms with van der Waals surface area (Å²) in [4.78, 5) is -0.594. The summed E-state index contributed by atoms with van der Waals surface area (Å²) in [5.74, 6) is -0.433. The van der Waals surface area contributed by atoms with Gasteiger partial charge in [0.25, 0.3) is 10.1 Å². The molecule has 5 nitrogen and oxygen atoms in total. The van der Waals surface area contributed by atoms with Crippen LogP contribution in [0, 0.1) is 13.8 Å². The molecule has 4 aromatic carbocycles. The minimum Gasteiger partial charge on any atom is -0.507 e. The Bertz CT molecular complexity index is 1510. The quantitative estimate of drug-likeness (QED) is 0.249. The molecule has 2 atom stereocenters. The molecule has 0 bridgehead atoms. The Kier molecular flexibility index (Phi) is 6.94. The molecule has 4 rings (SSSR count). The molecular formula is C30H30O5S. The zero-order valence-corrected chi connectivity index (χ0v) is 21.5.